The lowest BCUT2D eigenvalue weighted by atomic mass is 10.0. The smallest absolute Gasteiger partial charge is 0.352 e. The molecule has 0 saturated carbocycles. The molecule has 1 fully saturated rings. The molecule has 3 aromatic rings. The Morgan fingerprint density at radius 1 is 1.41 bits per heavy atom. The Kier molecular flexibility index (Phi) is 6.20. The first kappa shape index (κ1) is 24.5. The number of nitrogens with zero attached hydrogens (tertiary/aromatic N) is 6. The Bertz CT molecular complexity index is 1510. The number of amides is 2. The second-order valence-corrected chi connectivity index (χ2v) is 10.2. The van der Waals surface area contributed by atoms with E-state index in [0.29, 0.717) is 22.8 Å². The van der Waals surface area contributed by atoms with Crippen LogP contribution in [0.3, 0.4) is 0 Å². The summed E-state index contributed by atoms with van der Waals surface area (Å²) in [4.78, 5) is 48.3. The van der Waals surface area contributed by atoms with E-state index in [9.17, 15) is 19.5 Å². The van der Waals surface area contributed by atoms with Crippen molar-refractivity contribution in [1.29, 1.82) is 0 Å². The number of hydrogen-bond acceptors (Lipinski definition) is 11. The fourth-order valence-corrected chi connectivity index (χ4v) is 6.12. The number of hydrogen-bond donors (Lipinski definition) is 4. The zero-order valence-corrected chi connectivity index (χ0v) is 21.2. The largest absolute Gasteiger partial charge is 0.477 e. The van der Waals surface area contributed by atoms with Gasteiger partial charge in [-0.2, -0.15) is 0 Å². The summed E-state index contributed by atoms with van der Waals surface area (Å²) < 4.78 is 3.40. The summed E-state index contributed by atoms with van der Waals surface area (Å²) in [6.07, 6.45) is 1.75. The Balaban J connectivity index is 1.39. The van der Waals surface area contributed by atoms with Crippen molar-refractivity contribution in [2.45, 2.75) is 24.9 Å². The third-order valence-corrected chi connectivity index (χ3v) is 7.85. The normalized spacial score (nSPS) is 19.6. The van der Waals surface area contributed by atoms with E-state index < -0.39 is 29.2 Å². The predicted octanol–water partition coefficient (Wildman–Crippen LogP) is -0.660. The topological polar surface area (TPSA) is 194 Å². The van der Waals surface area contributed by atoms with Crippen LogP contribution in [0.25, 0.3) is 5.65 Å². The number of anilines is 2. The molecule has 2 atom stereocenters. The number of fused-ring (bicyclic) bond motifs is 2. The van der Waals surface area contributed by atoms with E-state index in [1.54, 1.807) is 22.2 Å². The van der Waals surface area contributed by atoms with Crippen molar-refractivity contribution in [3.05, 3.63) is 46.4 Å². The molecule has 6 N–H and O–H groups in total. The number of aromatic nitrogens is 4. The number of nitrogen functional groups attached to an aromatic ring is 2. The fourth-order valence-electron chi connectivity index (χ4n) is 4.24. The van der Waals surface area contributed by atoms with Gasteiger partial charge in [0.25, 0.3) is 11.8 Å². The summed E-state index contributed by atoms with van der Waals surface area (Å²) in [5.41, 5.74) is 13.6. The summed E-state index contributed by atoms with van der Waals surface area (Å²) in [5.74, 6) is -1.68. The van der Waals surface area contributed by atoms with Crippen LogP contribution < -0.4 is 21.4 Å². The fraction of sp³-hybridized carbons (Fsp3) is 0.286. The standard InChI is InChI=1S/C21H21N9O5S2/c1-9-5-13-28(4-3-12(22)30(13)26-9)6-10-7-36-19-15(18(32)29(19)16(10)20(33)34)25-17(31)14(27-35-2)11-8-37-21(23)24-11/h3-5,8,15,19,22H,6-7H2,1-2H3,(H4,23,24,25,31,33,34)/p+1/t15-,19+/m1/s1. The molecule has 1 saturated heterocycles. The van der Waals surface area contributed by atoms with Gasteiger partial charge < -0.3 is 26.7 Å². The lowest BCUT2D eigenvalue weighted by molar-refractivity contribution is -0.666. The molecule has 37 heavy (non-hydrogen) atoms. The Morgan fingerprint density at radius 3 is 2.86 bits per heavy atom. The van der Waals surface area contributed by atoms with Crippen molar-refractivity contribution in [1.82, 2.24) is 24.8 Å². The van der Waals surface area contributed by atoms with Crippen LogP contribution in [0.1, 0.15) is 11.4 Å². The van der Waals surface area contributed by atoms with E-state index in [1.807, 2.05) is 17.6 Å². The van der Waals surface area contributed by atoms with Gasteiger partial charge >= 0.3 is 11.6 Å². The SMILES string of the molecule is CON=C(C(=O)N[C@@H]1C(=O)N2C(C(=O)O)=C(C[n+]3ccc(N)n4nc(C)cc43)CS[C@@H]12)c1csc(N)n1. The maximum atomic E-state index is 13.1. The van der Waals surface area contributed by atoms with Gasteiger partial charge in [-0.25, -0.2) is 14.3 Å². The van der Waals surface area contributed by atoms with Gasteiger partial charge in [0.05, 0.1) is 18.0 Å². The van der Waals surface area contributed by atoms with Crippen molar-refractivity contribution in [2.75, 3.05) is 24.3 Å². The van der Waals surface area contributed by atoms with Gasteiger partial charge in [0.2, 0.25) is 5.82 Å². The zero-order valence-electron chi connectivity index (χ0n) is 19.6. The highest BCUT2D eigenvalue weighted by Crippen LogP contribution is 2.40. The molecular formula is C21H22N9O5S2+. The van der Waals surface area contributed by atoms with Crippen LogP contribution in [0.5, 0.6) is 0 Å². The summed E-state index contributed by atoms with van der Waals surface area (Å²) in [7, 11) is 1.28. The third-order valence-electron chi connectivity index (χ3n) is 5.84. The van der Waals surface area contributed by atoms with E-state index in [0.717, 1.165) is 17.0 Å². The van der Waals surface area contributed by atoms with Crippen molar-refractivity contribution in [3.8, 4) is 0 Å². The molecule has 0 unspecified atom stereocenters. The van der Waals surface area contributed by atoms with Crippen LogP contribution in [0.2, 0.25) is 0 Å². The molecule has 0 bridgehead atoms. The highest BCUT2D eigenvalue weighted by atomic mass is 32.2. The molecular weight excluding hydrogens is 522 g/mol. The van der Waals surface area contributed by atoms with Gasteiger partial charge in [-0.05, 0) is 6.92 Å². The van der Waals surface area contributed by atoms with Crippen LogP contribution in [0, 0.1) is 6.92 Å². The summed E-state index contributed by atoms with van der Waals surface area (Å²) in [5, 5.41) is 21.9. The van der Waals surface area contributed by atoms with Crippen molar-refractivity contribution < 1.29 is 28.9 Å². The second kappa shape index (κ2) is 9.36. The third kappa shape index (κ3) is 4.23. The summed E-state index contributed by atoms with van der Waals surface area (Å²) >= 11 is 2.48. The van der Waals surface area contributed by atoms with Crippen molar-refractivity contribution >= 4 is 63.2 Å². The number of carboxylic acid groups (broad SMARTS) is 1. The number of β-lactam (4-membered cyclic amide) rings is 1. The molecule has 2 aliphatic heterocycles. The van der Waals surface area contributed by atoms with Gasteiger partial charge in [0.15, 0.2) is 10.8 Å². The summed E-state index contributed by atoms with van der Waals surface area (Å²) in [6, 6.07) is 2.57. The number of aryl methyl sites for hydroxylation is 1. The van der Waals surface area contributed by atoms with E-state index in [2.05, 4.69) is 20.6 Å². The van der Waals surface area contributed by atoms with E-state index in [-0.39, 0.29) is 28.8 Å². The Labute approximate surface area is 217 Å². The number of thioether (sulfide) groups is 1. The van der Waals surface area contributed by atoms with Crippen LogP contribution >= 0.6 is 23.1 Å². The minimum atomic E-state index is -1.23. The molecule has 5 heterocycles. The Morgan fingerprint density at radius 2 is 2.19 bits per heavy atom. The van der Waals surface area contributed by atoms with Crippen LogP contribution in [-0.2, 0) is 25.8 Å². The van der Waals surface area contributed by atoms with Gasteiger partial charge in [-0.1, -0.05) is 14.8 Å². The number of carbonyl (C=O) groups is 3. The number of oxime groups is 1. The van der Waals surface area contributed by atoms with E-state index >= 15 is 0 Å². The van der Waals surface area contributed by atoms with Crippen LogP contribution in [0.4, 0.5) is 10.9 Å². The van der Waals surface area contributed by atoms with Gasteiger partial charge in [0.1, 0.15) is 36.5 Å². The minimum Gasteiger partial charge on any atom is -0.477 e. The Hall–Kier alpha value is -4.18. The monoisotopic (exact) mass is 544 g/mol. The molecule has 2 amide bonds. The highest BCUT2D eigenvalue weighted by molar-refractivity contribution is 8.00. The molecule has 5 rings (SSSR count). The first-order valence-corrected chi connectivity index (χ1v) is 12.8. The number of carboxylic acids is 1. The van der Waals surface area contributed by atoms with Gasteiger partial charge in [-0.3, -0.25) is 14.5 Å². The van der Waals surface area contributed by atoms with Gasteiger partial charge in [-0.15, -0.1) is 23.1 Å². The maximum Gasteiger partial charge on any atom is 0.352 e. The number of rotatable bonds is 7. The lowest BCUT2D eigenvalue weighted by Crippen LogP contribution is -2.71. The minimum absolute atomic E-state index is 0.101. The van der Waals surface area contributed by atoms with E-state index in [1.165, 1.54) is 23.8 Å². The molecule has 14 nitrogen and oxygen atoms in total. The average molecular weight is 545 g/mol. The lowest BCUT2D eigenvalue weighted by Gasteiger charge is -2.49. The first-order chi connectivity index (χ1) is 17.7. The predicted molar refractivity (Wildman–Crippen MR) is 134 cm³/mol. The molecule has 192 valence electrons. The molecule has 0 aliphatic carbocycles. The molecule has 16 heteroatoms. The molecule has 0 aromatic carbocycles. The second-order valence-electron chi connectivity index (χ2n) is 8.24. The van der Waals surface area contributed by atoms with E-state index in [4.69, 9.17) is 16.3 Å². The van der Waals surface area contributed by atoms with Crippen molar-refractivity contribution in [2.24, 2.45) is 5.16 Å². The number of aliphatic carboxylic acids is 1. The summed E-state index contributed by atoms with van der Waals surface area (Å²) in [6.45, 7) is 2.05. The molecule has 2 aliphatic rings. The molecule has 0 spiro atoms. The first-order valence-electron chi connectivity index (χ1n) is 10.9. The van der Waals surface area contributed by atoms with Crippen molar-refractivity contribution in [3.63, 3.8) is 0 Å². The number of thiazole rings is 1. The maximum absolute atomic E-state index is 13.1. The quantitative estimate of drug-likeness (QED) is 0.128. The van der Waals surface area contributed by atoms with Crippen LogP contribution in [-0.4, -0.2) is 72.4 Å². The average Bonchev–Trinajstić information content (AvgIpc) is 3.47. The molecule has 3 aromatic heterocycles. The van der Waals surface area contributed by atoms with Gasteiger partial charge in [0, 0.05) is 22.8 Å². The number of nitrogens with one attached hydrogen (secondary N) is 1. The van der Waals surface area contributed by atoms with Crippen LogP contribution in [0.15, 0.2) is 40.1 Å². The zero-order chi connectivity index (χ0) is 26.4. The number of carbonyl (C=O) groups excluding carboxylic acids is 2. The highest BCUT2D eigenvalue weighted by Gasteiger charge is 2.54. The number of nitrogens with two attached hydrogens (primary N) is 2. The molecule has 0 radical (unpaired) electrons.